The van der Waals surface area contributed by atoms with Crippen LogP contribution in [0.2, 0.25) is 5.02 Å². The van der Waals surface area contributed by atoms with Crippen LogP contribution in [-0.4, -0.2) is 21.1 Å². The number of furan rings is 2. The predicted molar refractivity (Wildman–Crippen MR) is 107 cm³/mol. The Morgan fingerprint density at radius 1 is 1.17 bits per heavy atom. The second kappa shape index (κ2) is 6.61. The smallest absolute Gasteiger partial charge is 0.315 e. The Balaban J connectivity index is 1.86. The summed E-state index contributed by atoms with van der Waals surface area (Å²) in [6.07, 6.45) is 3.15. The van der Waals surface area contributed by atoms with E-state index in [4.69, 9.17) is 20.4 Å². The van der Waals surface area contributed by atoms with E-state index >= 15 is 0 Å². The van der Waals surface area contributed by atoms with Gasteiger partial charge in [0, 0.05) is 16.1 Å². The number of nitrogens with zero attached hydrogens (tertiary/aromatic N) is 3. The lowest BCUT2D eigenvalue weighted by atomic mass is 10.0. The molecule has 5 rings (SSSR count). The average molecular weight is 407 g/mol. The topological polar surface area (TPSA) is 103 Å². The third-order valence-electron chi connectivity index (χ3n) is 4.47. The van der Waals surface area contributed by atoms with E-state index in [-0.39, 0.29) is 11.3 Å². The highest BCUT2D eigenvalue weighted by Crippen LogP contribution is 2.36. The van der Waals surface area contributed by atoms with Crippen LogP contribution in [0.3, 0.4) is 0 Å². The monoisotopic (exact) mass is 406 g/mol. The standard InChI is InChI=1S/C20H11ClN4O4/c21-12-5-3-11(4-6-12)14-8-13(15-2-1-7-28-15)16-17-18(29-19(16)24-14)20(27)25(9-22-17)23-10-26/h1-10H,(H,23,26). The molecule has 0 saturated heterocycles. The van der Waals surface area contributed by atoms with Crippen LogP contribution < -0.4 is 11.0 Å². The molecule has 0 radical (unpaired) electrons. The molecule has 9 heteroatoms. The fourth-order valence-corrected chi connectivity index (χ4v) is 3.30. The zero-order valence-corrected chi connectivity index (χ0v) is 15.4. The van der Waals surface area contributed by atoms with Crippen LogP contribution in [0.5, 0.6) is 0 Å². The van der Waals surface area contributed by atoms with Crippen LogP contribution in [0.25, 0.3) is 44.8 Å². The predicted octanol–water partition coefficient (Wildman–Crippen LogP) is 3.82. The van der Waals surface area contributed by atoms with E-state index in [1.54, 1.807) is 30.5 Å². The number of halogens is 1. The molecule has 0 bridgehead atoms. The Morgan fingerprint density at radius 2 is 2.00 bits per heavy atom. The summed E-state index contributed by atoms with van der Waals surface area (Å²) in [5.41, 5.74) is 4.34. The Bertz CT molecular complexity index is 1420. The van der Waals surface area contributed by atoms with Crippen molar-refractivity contribution in [2.75, 3.05) is 5.43 Å². The van der Waals surface area contributed by atoms with E-state index in [0.29, 0.717) is 39.4 Å². The first-order valence-corrected chi connectivity index (χ1v) is 8.88. The van der Waals surface area contributed by atoms with Crippen molar-refractivity contribution in [3.8, 4) is 22.6 Å². The third kappa shape index (κ3) is 2.77. The number of hydrogen-bond donors (Lipinski definition) is 1. The van der Waals surface area contributed by atoms with Crippen LogP contribution in [0.15, 0.2) is 68.7 Å². The number of amides is 1. The van der Waals surface area contributed by atoms with E-state index in [1.807, 2.05) is 18.2 Å². The molecule has 0 unspecified atom stereocenters. The second-order valence-electron chi connectivity index (χ2n) is 6.17. The highest BCUT2D eigenvalue weighted by atomic mass is 35.5. The summed E-state index contributed by atoms with van der Waals surface area (Å²) in [7, 11) is 0. The number of pyridine rings is 1. The molecule has 5 aromatic rings. The van der Waals surface area contributed by atoms with Gasteiger partial charge in [-0.15, -0.1) is 0 Å². The number of nitrogens with one attached hydrogen (secondary N) is 1. The van der Waals surface area contributed by atoms with Crippen molar-refractivity contribution in [2.24, 2.45) is 0 Å². The molecule has 1 aromatic carbocycles. The second-order valence-corrected chi connectivity index (χ2v) is 6.60. The van der Waals surface area contributed by atoms with Crippen LogP contribution in [-0.2, 0) is 4.79 Å². The fraction of sp³-hybridized carbons (Fsp3) is 0. The first-order valence-electron chi connectivity index (χ1n) is 8.50. The van der Waals surface area contributed by atoms with Crippen molar-refractivity contribution in [3.63, 3.8) is 0 Å². The molecule has 4 heterocycles. The maximum Gasteiger partial charge on any atom is 0.315 e. The number of benzene rings is 1. The highest BCUT2D eigenvalue weighted by Gasteiger charge is 2.21. The summed E-state index contributed by atoms with van der Waals surface area (Å²) in [5, 5.41) is 1.15. The van der Waals surface area contributed by atoms with E-state index in [0.717, 1.165) is 10.2 Å². The molecule has 0 atom stereocenters. The van der Waals surface area contributed by atoms with Gasteiger partial charge in [-0.05, 0) is 30.3 Å². The van der Waals surface area contributed by atoms with Crippen molar-refractivity contribution in [1.82, 2.24) is 14.6 Å². The van der Waals surface area contributed by atoms with Gasteiger partial charge in [-0.1, -0.05) is 23.7 Å². The average Bonchev–Trinajstić information content (AvgIpc) is 3.38. The van der Waals surface area contributed by atoms with Gasteiger partial charge in [-0.25, -0.2) is 14.6 Å². The zero-order valence-electron chi connectivity index (χ0n) is 14.6. The number of rotatable bonds is 4. The minimum atomic E-state index is -0.557. The first kappa shape index (κ1) is 17.2. The molecule has 142 valence electrons. The zero-order chi connectivity index (χ0) is 20.0. The van der Waals surface area contributed by atoms with E-state index < -0.39 is 5.56 Å². The van der Waals surface area contributed by atoms with Crippen molar-refractivity contribution >= 4 is 40.2 Å². The quantitative estimate of drug-likeness (QED) is 0.455. The van der Waals surface area contributed by atoms with Crippen molar-refractivity contribution in [2.45, 2.75) is 0 Å². The third-order valence-corrected chi connectivity index (χ3v) is 4.72. The van der Waals surface area contributed by atoms with Gasteiger partial charge >= 0.3 is 5.56 Å². The Morgan fingerprint density at radius 3 is 2.72 bits per heavy atom. The van der Waals surface area contributed by atoms with Crippen molar-refractivity contribution in [3.05, 3.63) is 70.4 Å². The molecule has 0 fully saturated rings. The molecule has 29 heavy (non-hydrogen) atoms. The Hall–Kier alpha value is -3.91. The van der Waals surface area contributed by atoms with Gasteiger partial charge in [-0.2, -0.15) is 0 Å². The van der Waals surface area contributed by atoms with Gasteiger partial charge in [-0.3, -0.25) is 15.0 Å². The largest absolute Gasteiger partial charge is 0.464 e. The normalized spacial score (nSPS) is 11.2. The van der Waals surface area contributed by atoms with Crippen molar-refractivity contribution < 1.29 is 13.6 Å². The van der Waals surface area contributed by atoms with E-state index in [2.05, 4.69) is 15.4 Å². The minimum absolute atomic E-state index is 0.0228. The minimum Gasteiger partial charge on any atom is -0.464 e. The van der Waals surface area contributed by atoms with Crippen LogP contribution in [0.1, 0.15) is 0 Å². The molecule has 0 aliphatic rings. The molecular weight excluding hydrogens is 396 g/mol. The Kier molecular flexibility index (Phi) is 3.92. The molecule has 1 N–H and O–H groups in total. The lowest BCUT2D eigenvalue weighted by Gasteiger charge is -2.05. The van der Waals surface area contributed by atoms with Crippen molar-refractivity contribution in [1.29, 1.82) is 0 Å². The lowest BCUT2D eigenvalue weighted by molar-refractivity contribution is -0.106. The van der Waals surface area contributed by atoms with Gasteiger partial charge in [0.1, 0.15) is 17.6 Å². The van der Waals surface area contributed by atoms with Crippen LogP contribution in [0, 0.1) is 0 Å². The lowest BCUT2D eigenvalue weighted by Crippen LogP contribution is -2.27. The van der Waals surface area contributed by atoms with Gasteiger partial charge in [0.15, 0.2) is 0 Å². The summed E-state index contributed by atoms with van der Waals surface area (Å²) in [6, 6.07) is 12.6. The summed E-state index contributed by atoms with van der Waals surface area (Å²) < 4.78 is 12.3. The van der Waals surface area contributed by atoms with Crippen LogP contribution in [0.4, 0.5) is 0 Å². The van der Waals surface area contributed by atoms with E-state index in [1.165, 1.54) is 6.33 Å². The first-order chi connectivity index (χ1) is 14.2. The molecule has 0 aliphatic heterocycles. The number of aromatic nitrogens is 3. The number of fused-ring (bicyclic) bond motifs is 3. The SMILES string of the molecule is O=CNn1cnc2c(oc3nc(-c4ccc(Cl)cc4)cc(-c4ccco4)c32)c1=O. The number of carbonyl (C=O) groups is 1. The molecule has 0 aliphatic carbocycles. The van der Waals surface area contributed by atoms with Gasteiger partial charge < -0.3 is 8.83 Å². The molecule has 0 saturated carbocycles. The summed E-state index contributed by atoms with van der Waals surface area (Å²) in [6.45, 7) is 0. The summed E-state index contributed by atoms with van der Waals surface area (Å²) in [5.74, 6) is 0.576. The molecule has 4 aromatic heterocycles. The van der Waals surface area contributed by atoms with Crippen LogP contribution >= 0.6 is 11.6 Å². The summed E-state index contributed by atoms with van der Waals surface area (Å²) >= 11 is 5.99. The maximum atomic E-state index is 12.6. The van der Waals surface area contributed by atoms with Gasteiger partial charge in [0.2, 0.25) is 17.7 Å². The fourth-order valence-electron chi connectivity index (χ4n) is 3.17. The highest BCUT2D eigenvalue weighted by molar-refractivity contribution is 6.30. The number of hydrogen-bond acceptors (Lipinski definition) is 6. The number of carbonyl (C=O) groups excluding carboxylic acids is 1. The van der Waals surface area contributed by atoms with E-state index in [9.17, 15) is 9.59 Å². The molecule has 8 nitrogen and oxygen atoms in total. The summed E-state index contributed by atoms with van der Waals surface area (Å²) in [4.78, 5) is 32.2. The molecule has 1 amide bonds. The Labute approximate surface area is 167 Å². The molecule has 0 spiro atoms. The van der Waals surface area contributed by atoms with Gasteiger partial charge in [0.25, 0.3) is 0 Å². The molecular formula is C20H11ClN4O4. The van der Waals surface area contributed by atoms with Gasteiger partial charge in [0.05, 0.1) is 17.3 Å². The maximum absolute atomic E-state index is 12.6.